The van der Waals surface area contributed by atoms with Gasteiger partial charge < -0.3 is 15.0 Å². The molecule has 0 unspecified atom stereocenters. The number of para-hydroxylation sites is 2. The van der Waals surface area contributed by atoms with E-state index in [0.717, 1.165) is 38.9 Å². The van der Waals surface area contributed by atoms with Crippen LogP contribution < -0.4 is 10.5 Å². The fraction of sp³-hybridized carbons (Fsp3) is 0.0385. The number of halogens is 1. The maximum Gasteiger partial charge on any atom is 0.249 e. The third-order valence-corrected chi connectivity index (χ3v) is 5.51. The Bertz CT molecular complexity index is 1420. The van der Waals surface area contributed by atoms with Gasteiger partial charge in [0.25, 0.3) is 0 Å². The summed E-state index contributed by atoms with van der Waals surface area (Å²) in [5, 5.41) is 2.17. The number of nitrogens with zero attached hydrogens (tertiary/aromatic N) is 1. The molecule has 4 aromatic carbocycles. The minimum atomic E-state index is -0.471. The van der Waals surface area contributed by atoms with Gasteiger partial charge in [-0.3, -0.25) is 4.79 Å². The molecule has 0 saturated carbocycles. The predicted octanol–water partition coefficient (Wildman–Crippen LogP) is 6.19. The number of fused-ring (bicyclic) bond motifs is 3. The van der Waals surface area contributed by atoms with Gasteiger partial charge in [0.15, 0.2) is 0 Å². The molecule has 0 atom stereocenters. The van der Waals surface area contributed by atoms with Crippen LogP contribution in [0.15, 0.2) is 84.9 Å². The molecule has 1 heterocycles. The van der Waals surface area contributed by atoms with E-state index in [-0.39, 0.29) is 0 Å². The second kappa shape index (κ2) is 7.82. The Hall–Kier alpha value is -3.76. The lowest BCUT2D eigenvalue weighted by Crippen LogP contribution is -2.11. The molecule has 5 aromatic rings. The molecule has 1 amide bonds. The third-order valence-electron chi connectivity index (χ3n) is 5.30. The summed E-state index contributed by atoms with van der Waals surface area (Å²) in [6.45, 7) is 0.527. The molecule has 0 saturated heterocycles. The first-order valence-corrected chi connectivity index (χ1v) is 10.2. The van der Waals surface area contributed by atoms with Crippen molar-refractivity contribution < 1.29 is 9.53 Å². The van der Waals surface area contributed by atoms with Gasteiger partial charge >= 0.3 is 0 Å². The third kappa shape index (κ3) is 3.51. The lowest BCUT2D eigenvalue weighted by molar-refractivity contribution is 0.100. The number of benzene rings is 4. The van der Waals surface area contributed by atoms with Crippen LogP contribution in [0.3, 0.4) is 0 Å². The van der Waals surface area contributed by atoms with Crippen molar-refractivity contribution in [3.8, 4) is 11.5 Å². The summed E-state index contributed by atoms with van der Waals surface area (Å²) >= 11 is 6.30. The fourth-order valence-corrected chi connectivity index (χ4v) is 4.08. The first-order chi connectivity index (χ1) is 15.1. The van der Waals surface area contributed by atoms with E-state index < -0.39 is 5.91 Å². The monoisotopic (exact) mass is 425 g/mol. The summed E-state index contributed by atoms with van der Waals surface area (Å²) < 4.78 is 8.26. The number of ether oxygens (including phenoxy) is 1. The van der Waals surface area contributed by atoms with Crippen molar-refractivity contribution in [3.63, 3.8) is 0 Å². The highest BCUT2D eigenvalue weighted by Crippen LogP contribution is 2.35. The van der Waals surface area contributed by atoms with Crippen LogP contribution in [0.1, 0.15) is 15.9 Å². The summed E-state index contributed by atoms with van der Waals surface area (Å²) in [5.74, 6) is 1.06. The molecule has 0 spiro atoms. The van der Waals surface area contributed by atoms with Gasteiger partial charge in [-0.2, -0.15) is 0 Å². The molecule has 0 aliphatic heterocycles. The average molecular weight is 426 g/mol. The Morgan fingerprint density at radius 1 is 0.968 bits per heavy atom. The largest absolute Gasteiger partial charge is 0.457 e. The summed E-state index contributed by atoms with van der Waals surface area (Å²) in [7, 11) is 0. The smallest absolute Gasteiger partial charge is 0.249 e. The summed E-state index contributed by atoms with van der Waals surface area (Å²) in [4.78, 5) is 12.1. The van der Waals surface area contributed by atoms with Gasteiger partial charge in [0.05, 0.1) is 17.6 Å². The molecule has 0 fully saturated rings. The number of primary amides is 1. The van der Waals surface area contributed by atoms with Gasteiger partial charge in [0.2, 0.25) is 5.91 Å². The van der Waals surface area contributed by atoms with Crippen molar-refractivity contribution in [1.29, 1.82) is 0 Å². The lowest BCUT2D eigenvalue weighted by Gasteiger charge is -2.13. The van der Waals surface area contributed by atoms with Crippen molar-refractivity contribution in [2.24, 2.45) is 5.73 Å². The van der Waals surface area contributed by atoms with Gasteiger partial charge in [-0.25, -0.2) is 0 Å². The molecule has 2 N–H and O–H groups in total. The van der Waals surface area contributed by atoms with Crippen molar-refractivity contribution in [2.45, 2.75) is 6.54 Å². The van der Waals surface area contributed by atoms with E-state index in [2.05, 4.69) is 10.6 Å². The van der Waals surface area contributed by atoms with E-state index in [9.17, 15) is 4.79 Å². The van der Waals surface area contributed by atoms with E-state index >= 15 is 0 Å². The van der Waals surface area contributed by atoms with Crippen LogP contribution in [-0.2, 0) is 6.54 Å². The number of aromatic nitrogens is 1. The second-order valence-electron chi connectivity index (χ2n) is 7.25. The van der Waals surface area contributed by atoms with Crippen molar-refractivity contribution in [2.75, 3.05) is 0 Å². The van der Waals surface area contributed by atoms with Gasteiger partial charge in [0.1, 0.15) is 11.5 Å². The Kier molecular flexibility index (Phi) is 4.85. The molecular formula is C26H18ClN2O2. The highest BCUT2D eigenvalue weighted by Gasteiger charge is 2.18. The van der Waals surface area contributed by atoms with Crippen LogP contribution in [0.2, 0.25) is 5.02 Å². The number of carbonyl (C=O) groups is 1. The topological polar surface area (TPSA) is 57.2 Å². The first-order valence-electron chi connectivity index (χ1n) is 9.84. The number of rotatable bonds is 5. The molecule has 151 valence electrons. The molecule has 4 nitrogen and oxygen atoms in total. The van der Waals surface area contributed by atoms with Crippen LogP contribution in [0.25, 0.3) is 21.8 Å². The molecule has 0 aliphatic rings. The zero-order chi connectivity index (χ0) is 21.4. The van der Waals surface area contributed by atoms with Gasteiger partial charge in [0, 0.05) is 26.9 Å². The maximum absolute atomic E-state index is 12.1. The maximum atomic E-state index is 12.1. The lowest BCUT2D eigenvalue weighted by atomic mass is 10.1. The quantitative estimate of drug-likeness (QED) is 0.365. The van der Waals surface area contributed by atoms with Crippen molar-refractivity contribution in [3.05, 3.63) is 107 Å². The van der Waals surface area contributed by atoms with E-state index in [4.69, 9.17) is 22.1 Å². The van der Waals surface area contributed by atoms with Crippen molar-refractivity contribution in [1.82, 2.24) is 4.57 Å². The number of hydrogen-bond acceptors (Lipinski definition) is 2. The SMILES string of the molecule is NC(=O)c1cccc2c1c1[c]cc(Cl)cc1n2Cc1ccccc1Oc1ccccc1. The molecule has 0 bridgehead atoms. The Labute approximate surface area is 184 Å². The fourth-order valence-electron chi connectivity index (χ4n) is 3.93. The molecular weight excluding hydrogens is 408 g/mol. The van der Waals surface area contributed by atoms with E-state index in [1.807, 2.05) is 72.8 Å². The second-order valence-corrected chi connectivity index (χ2v) is 7.69. The van der Waals surface area contributed by atoms with Crippen molar-refractivity contribution >= 4 is 39.3 Å². The highest BCUT2D eigenvalue weighted by molar-refractivity contribution is 6.31. The van der Waals surface area contributed by atoms with Gasteiger partial charge in [-0.1, -0.05) is 54.1 Å². The van der Waals surface area contributed by atoms with Crippen LogP contribution in [-0.4, -0.2) is 10.5 Å². The normalized spacial score (nSPS) is 11.1. The van der Waals surface area contributed by atoms with Crippen LogP contribution in [0, 0.1) is 6.07 Å². The Morgan fingerprint density at radius 3 is 2.55 bits per heavy atom. The van der Waals surface area contributed by atoms with E-state index in [0.29, 0.717) is 17.1 Å². The molecule has 5 rings (SSSR count). The minimum absolute atomic E-state index is 0.466. The Balaban J connectivity index is 1.69. The molecule has 1 radical (unpaired) electrons. The minimum Gasteiger partial charge on any atom is -0.457 e. The number of hydrogen-bond donors (Lipinski definition) is 1. The number of nitrogens with two attached hydrogens (primary N) is 1. The predicted molar refractivity (Wildman–Crippen MR) is 124 cm³/mol. The van der Waals surface area contributed by atoms with Crippen LogP contribution >= 0.6 is 11.6 Å². The first kappa shape index (κ1) is 19.2. The number of amides is 1. The zero-order valence-corrected chi connectivity index (χ0v) is 17.3. The molecule has 1 aromatic heterocycles. The summed E-state index contributed by atoms with van der Waals surface area (Å²) in [6, 6.07) is 30.0. The molecule has 5 heteroatoms. The summed E-state index contributed by atoms with van der Waals surface area (Å²) in [5.41, 5.74) is 8.89. The Morgan fingerprint density at radius 2 is 1.74 bits per heavy atom. The van der Waals surface area contributed by atoms with E-state index in [1.54, 1.807) is 12.1 Å². The standard InChI is InChI=1S/C26H18ClN2O2/c27-18-13-14-20-23(15-18)29(22-11-6-10-21(25(20)22)26(28)30)16-17-7-4-5-12-24(17)31-19-8-2-1-3-9-19/h1-13,15H,16H2,(H2,28,30). The molecule has 31 heavy (non-hydrogen) atoms. The molecule has 0 aliphatic carbocycles. The number of carbonyl (C=O) groups excluding carboxylic acids is 1. The highest BCUT2D eigenvalue weighted by atomic mass is 35.5. The average Bonchev–Trinajstić information content (AvgIpc) is 3.08. The van der Waals surface area contributed by atoms with E-state index in [1.165, 1.54) is 0 Å². The van der Waals surface area contributed by atoms with Crippen LogP contribution in [0.4, 0.5) is 0 Å². The van der Waals surface area contributed by atoms with Crippen LogP contribution in [0.5, 0.6) is 11.5 Å². The van der Waals surface area contributed by atoms with Gasteiger partial charge in [-0.15, -0.1) is 0 Å². The summed E-state index contributed by atoms with van der Waals surface area (Å²) in [6.07, 6.45) is 0. The van der Waals surface area contributed by atoms with Gasteiger partial charge in [-0.05, 0) is 48.5 Å². The zero-order valence-electron chi connectivity index (χ0n) is 16.5.